The van der Waals surface area contributed by atoms with Crippen LogP contribution in [-0.4, -0.2) is 45.5 Å². The molecule has 0 aliphatic carbocycles. The molecule has 0 aliphatic rings. The predicted octanol–water partition coefficient (Wildman–Crippen LogP) is 3.92. The van der Waals surface area contributed by atoms with E-state index in [2.05, 4.69) is 36.3 Å². The molecule has 0 radical (unpaired) electrons. The molecule has 162 valence electrons. The van der Waals surface area contributed by atoms with Crippen molar-refractivity contribution in [3.8, 4) is 0 Å². The minimum Gasteiger partial charge on any atom is -0.481 e. The van der Waals surface area contributed by atoms with Crippen molar-refractivity contribution in [2.45, 2.75) is 12.8 Å². The first-order chi connectivity index (χ1) is 15.6. The smallest absolute Gasteiger partial charge is 0.303 e. The van der Waals surface area contributed by atoms with Gasteiger partial charge in [-0.25, -0.2) is 0 Å². The number of carboxylic acid groups (broad SMARTS) is 1. The van der Waals surface area contributed by atoms with Crippen LogP contribution in [0.4, 0.5) is 17.1 Å². The van der Waals surface area contributed by atoms with Gasteiger partial charge in [0.2, 0.25) is 5.91 Å². The van der Waals surface area contributed by atoms with E-state index in [1.807, 2.05) is 54.6 Å². The number of amides is 1. The van der Waals surface area contributed by atoms with Crippen molar-refractivity contribution in [3.63, 3.8) is 0 Å². The van der Waals surface area contributed by atoms with Gasteiger partial charge in [0.1, 0.15) is 11.0 Å². The summed E-state index contributed by atoms with van der Waals surface area (Å²) in [5, 5.41) is 36.0. The van der Waals surface area contributed by atoms with Gasteiger partial charge in [0, 0.05) is 36.0 Å². The lowest BCUT2D eigenvalue weighted by Gasteiger charge is -2.11. The van der Waals surface area contributed by atoms with E-state index >= 15 is 0 Å². The standard InChI is InChI=1S/C22H21N7O3/c30-21(9-10-22(31)32)24-12-11-23-17-7-8-18(16-4-2-1-3-15(16)17)26-25-14-5-6-19-20(13-14)28-29-27-19/h1-8,13,23H,9-12H2,(H,24,30)(H,31,32)(H,27,28,29). The van der Waals surface area contributed by atoms with E-state index in [0.717, 1.165) is 33.2 Å². The number of carbonyl (C=O) groups excluding carboxylic acids is 1. The van der Waals surface area contributed by atoms with E-state index in [-0.39, 0.29) is 18.7 Å². The quantitative estimate of drug-likeness (QED) is 0.233. The number of nitrogens with one attached hydrogen (secondary N) is 3. The fourth-order valence-corrected chi connectivity index (χ4v) is 3.23. The molecular formula is C22H21N7O3. The Morgan fingerprint density at radius 1 is 0.906 bits per heavy atom. The van der Waals surface area contributed by atoms with Crippen LogP contribution in [0, 0.1) is 0 Å². The van der Waals surface area contributed by atoms with Crippen molar-refractivity contribution in [1.82, 2.24) is 20.7 Å². The maximum atomic E-state index is 11.6. The Kier molecular flexibility index (Phi) is 6.30. The van der Waals surface area contributed by atoms with Crippen LogP contribution >= 0.6 is 0 Å². The van der Waals surface area contributed by atoms with E-state index < -0.39 is 5.97 Å². The average molecular weight is 431 g/mol. The lowest BCUT2D eigenvalue weighted by atomic mass is 10.1. The molecule has 0 fully saturated rings. The zero-order chi connectivity index (χ0) is 22.3. The van der Waals surface area contributed by atoms with E-state index in [9.17, 15) is 9.59 Å². The normalized spacial score (nSPS) is 11.2. The first kappa shape index (κ1) is 20.9. The monoisotopic (exact) mass is 431 g/mol. The molecule has 3 aromatic carbocycles. The third-order valence-corrected chi connectivity index (χ3v) is 4.80. The summed E-state index contributed by atoms with van der Waals surface area (Å²) in [5.74, 6) is -1.26. The third kappa shape index (κ3) is 5.04. The van der Waals surface area contributed by atoms with Crippen molar-refractivity contribution in [1.29, 1.82) is 0 Å². The van der Waals surface area contributed by atoms with Crippen molar-refractivity contribution < 1.29 is 14.7 Å². The molecule has 4 N–H and O–H groups in total. The number of aliphatic carboxylic acids is 1. The Hall–Kier alpha value is -4.34. The number of aromatic amines is 1. The van der Waals surface area contributed by atoms with Crippen LogP contribution in [0.2, 0.25) is 0 Å². The van der Waals surface area contributed by atoms with Crippen LogP contribution in [0.1, 0.15) is 12.8 Å². The SMILES string of the molecule is O=C(O)CCC(=O)NCCNc1ccc(N=Nc2ccc3n[nH]nc3c2)c2ccccc12. The van der Waals surface area contributed by atoms with Crippen molar-refractivity contribution in [2.75, 3.05) is 18.4 Å². The Balaban J connectivity index is 1.44. The Bertz CT molecular complexity index is 1300. The van der Waals surface area contributed by atoms with Gasteiger partial charge >= 0.3 is 5.97 Å². The molecule has 10 nitrogen and oxygen atoms in total. The lowest BCUT2D eigenvalue weighted by Crippen LogP contribution is -2.29. The number of hydrogen-bond donors (Lipinski definition) is 4. The number of rotatable bonds is 9. The number of hydrogen-bond acceptors (Lipinski definition) is 7. The highest BCUT2D eigenvalue weighted by atomic mass is 16.4. The zero-order valence-corrected chi connectivity index (χ0v) is 17.1. The van der Waals surface area contributed by atoms with Gasteiger partial charge in [-0.2, -0.15) is 20.5 Å². The van der Waals surface area contributed by atoms with Crippen LogP contribution in [-0.2, 0) is 9.59 Å². The van der Waals surface area contributed by atoms with Crippen LogP contribution in [0.5, 0.6) is 0 Å². The van der Waals surface area contributed by atoms with Crippen LogP contribution in [0.15, 0.2) is 64.8 Å². The molecule has 0 atom stereocenters. The summed E-state index contributed by atoms with van der Waals surface area (Å²) in [7, 11) is 0. The maximum absolute atomic E-state index is 11.6. The number of azo groups is 1. The maximum Gasteiger partial charge on any atom is 0.303 e. The highest BCUT2D eigenvalue weighted by molar-refractivity contribution is 6.00. The first-order valence-corrected chi connectivity index (χ1v) is 10.1. The number of benzene rings is 3. The number of aromatic nitrogens is 3. The summed E-state index contributed by atoms with van der Waals surface area (Å²) in [6.45, 7) is 0.889. The molecule has 4 aromatic rings. The summed E-state index contributed by atoms with van der Waals surface area (Å²) in [4.78, 5) is 22.2. The van der Waals surface area contributed by atoms with Crippen LogP contribution < -0.4 is 10.6 Å². The molecular weight excluding hydrogens is 410 g/mol. The summed E-state index contributed by atoms with van der Waals surface area (Å²) in [6, 6.07) is 17.1. The second-order valence-electron chi connectivity index (χ2n) is 7.04. The van der Waals surface area contributed by atoms with Gasteiger partial charge in [0.25, 0.3) is 0 Å². The number of carboxylic acids is 1. The van der Waals surface area contributed by atoms with Crippen molar-refractivity contribution in [2.24, 2.45) is 10.2 Å². The molecule has 0 saturated heterocycles. The van der Waals surface area contributed by atoms with E-state index in [1.165, 1.54) is 0 Å². The highest BCUT2D eigenvalue weighted by Crippen LogP contribution is 2.33. The summed E-state index contributed by atoms with van der Waals surface area (Å²) >= 11 is 0. The Morgan fingerprint density at radius 2 is 1.72 bits per heavy atom. The number of anilines is 1. The number of H-pyrrole nitrogens is 1. The third-order valence-electron chi connectivity index (χ3n) is 4.80. The Morgan fingerprint density at radius 3 is 2.56 bits per heavy atom. The molecule has 0 bridgehead atoms. The average Bonchev–Trinajstić information content (AvgIpc) is 3.27. The van der Waals surface area contributed by atoms with Crippen molar-refractivity contribution >= 4 is 50.7 Å². The summed E-state index contributed by atoms with van der Waals surface area (Å²) in [6.07, 6.45) is -0.200. The number of fused-ring (bicyclic) bond motifs is 2. The van der Waals surface area contributed by atoms with Gasteiger partial charge in [-0.05, 0) is 30.3 Å². The fraction of sp³-hybridized carbons (Fsp3) is 0.182. The topological polar surface area (TPSA) is 145 Å². The molecule has 0 unspecified atom stereocenters. The predicted molar refractivity (Wildman–Crippen MR) is 120 cm³/mol. The van der Waals surface area contributed by atoms with E-state index in [1.54, 1.807) is 0 Å². The van der Waals surface area contributed by atoms with Gasteiger partial charge in [-0.15, -0.1) is 5.11 Å². The lowest BCUT2D eigenvalue weighted by molar-refractivity contribution is -0.138. The van der Waals surface area contributed by atoms with Gasteiger partial charge < -0.3 is 15.7 Å². The molecule has 0 saturated carbocycles. The zero-order valence-electron chi connectivity index (χ0n) is 17.1. The summed E-state index contributed by atoms with van der Waals surface area (Å²) < 4.78 is 0. The molecule has 1 aromatic heterocycles. The van der Waals surface area contributed by atoms with Crippen LogP contribution in [0.3, 0.4) is 0 Å². The summed E-state index contributed by atoms with van der Waals surface area (Å²) in [5.41, 5.74) is 3.80. The molecule has 32 heavy (non-hydrogen) atoms. The second kappa shape index (κ2) is 9.65. The van der Waals surface area contributed by atoms with Gasteiger partial charge in [0.05, 0.1) is 17.8 Å². The fourth-order valence-electron chi connectivity index (χ4n) is 3.23. The van der Waals surface area contributed by atoms with E-state index in [0.29, 0.717) is 18.8 Å². The van der Waals surface area contributed by atoms with Gasteiger partial charge in [-0.1, -0.05) is 24.3 Å². The molecule has 1 heterocycles. The Labute approximate surface area is 182 Å². The molecule has 1 amide bonds. The number of nitrogens with zero attached hydrogens (tertiary/aromatic N) is 4. The van der Waals surface area contributed by atoms with Crippen LogP contribution in [0.25, 0.3) is 21.8 Å². The van der Waals surface area contributed by atoms with Crippen molar-refractivity contribution in [3.05, 3.63) is 54.6 Å². The first-order valence-electron chi connectivity index (χ1n) is 10.1. The van der Waals surface area contributed by atoms with Gasteiger partial charge in [-0.3, -0.25) is 9.59 Å². The second-order valence-corrected chi connectivity index (χ2v) is 7.04. The molecule has 4 rings (SSSR count). The highest BCUT2D eigenvalue weighted by Gasteiger charge is 2.07. The number of carbonyl (C=O) groups is 2. The molecule has 0 aliphatic heterocycles. The molecule has 10 heteroatoms. The largest absolute Gasteiger partial charge is 0.481 e. The minimum atomic E-state index is -0.985. The van der Waals surface area contributed by atoms with E-state index in [4.69, 9.17) is 5.11 Å². The molecule has 0 spiro atoms. The van der Waals surface area contributed by atoms with Gasteiger partial charge in [0.15, 0.2) is 0 Å². The minimum absolute atomic E-state index is 0.0262.